The molecule has 0 saturated carbocycles. The molecule has 1 aromatic heterocycles. The van der Waals surface area contributed by atoms with Crippen molar-refractivity contribution in [2.24, 2.45) is 5.73 Å². The van der Waals surface area contributed by atoms with E-state index in [0.29, 0.717) is 12.0 Å². The molecule has 2 rings (SSSR count). The van der Waals surface area contributed by atoms with Gasteiger partial charge in [0.2, 0.25) is 0 Å². The molecule has 2 heteroatoms. The summed E-state index contributed by atoms with van der Waals surface area (Å²) < 4.78 is 0. The van der Waals surface area contributed by atoms with Gasteiger partial charge in [-0.2, -0.15) is 0 Å². The van der Waals surface area contributed by atoms with Crippen molar-refractivity contribution >= 4 is 11.3 Å². The smallest absolute Gasteiger partial charge is 0.0108 e. The van der Waals surface area contributed by atoms with E-state index in [1.165, 1.54) is 44.9 Å². The number of aryl methyl sites for hydroxylation is 1. The number of allylic oxidation sites excluding steroid dienone is 1. The van der Waals surface area contributed by atoms with Gasteiger partial charge in [0, 0.05) is 16.8 Å². The Morgan fingerprint density at radius 3 is 3.17 bits per heavy atom. The lowest BCUT2D eigenvalue weighted by atomic mass is 9.81. The Morgan fingerprint density at radius 2 is 2.33 bits per heavy atom. The predicted molar refractivity (Wildman–Crippen MR) is 81.3 cm³/mol. The highest BCUT2D eigenvalue weighted by Gasteiger charge is 2.25. The van der Waals surface area contributed by atoms with Crippen LogP contribution in [0.1, 0.15) is 61.3 Å². The molecule has 0 spiro atoms. The van der Waals surface area contributed by atoms with E-state index in [4.69, 9.17) is 5.73 Å². The third-order valence-electron chi connectivity index (χ3n) is 4.06. The van der Waals surface area contributed by atoms with E-state index in [1.807, 2.05) is 17.4 Å². The second-order valence-corrected chi connectivity index (χ2v) is 6.39. The van der Waals surface area contributed by atoms with Crippen molar-refractivity contribution in [1.82, 2.24) is 0 Å². The van der Waals surface area contributed by atoms with Gasteiger partial charge in [-0.05, 0) is 55.5 Å². The van der Waals surface area contributed by atoms with Gasteiger partial charge in [0.25, 0.3) is 0 Å². The highest BCUT2D eigenvalue weighted by molar-refractivity contribution is 7.10. The number of hydrogen-bond donors (Lipinski definition) is 1. The molecule has 2 atom stereocenters. The first kappa shape index (κ1) is 13.8. The Balaban J connectivity index is 1.80. The van der Waals surface area contributed by atoms with Crippen LogP contribution < -0.4 is 5.73 Å². The molecule has 0 radical (unpaired) electrons. The molecule has 1 aliphatic rings. The average molecular weight is 263 g/mol. The van der Waals surface area contributed by atoms with Crippen LogP contribution >= 0.6 is 11.3 Å². The average Bonchev–Trinajstić information content (AvgIpc) is 2.86. The number of thiophene rings is 1. The van der Waals surface area contributed by atoms with Gasteiger partial charge in [0.15, 0.2) is 0 Å². The number of nitrogens with two attached hydrogens (primary N) is 1. The first-order valence-electron chi connectivity index (χ1n) is 7.25. The third-order valence-corrected chi connectivity index (χ3v) is 5.06. The minimum Gasteiger partial charge on any atom is -0.327 e. The fraction of sp³-hybridized carbons (Fsp3) is 0.625. The van der Waals surface area contributed by atoms with E-state index >= 15 is 0 Å². The Morgan fingerprint density at radius 1 is 1.44 bits per heavy atom. The Labute approximate surface area is 115 Å². The van der Waals surface area contributed by atoms with E-state index < -0.39 is 0 Å². The van der Waals surface area contributed by atoms with Crippen molar-refractivity contribution in [2.45, 2.75) is 63.3 Å². The first-order chi connectivity index (χ1) is 8.83. The first-order valence-corrected chi connectivity index (χ1v) is 8.13. The van der Waals surface area contributed by atoms with Crippen molar-refractivity contribution in [3.05, 3.63) is 34.5 Å². The van der Waals surface area contributed by atoms with E-state index in [9.17, 15) is 0 Å². The van der Waals surface area contributed by atoms with Crippen LogP contribution in [0, 0.1) is 0 Å². The topological polar surface area (TPSA) is 26.0 Å². The molecule has 0 bridgehead atoms. The molecule has 0 fully saturated rings. The van der Waals surface area contributed by atoms with E-state index in [1.54, 1.807) is 10.4 Å². The maximum absolute atomic E-state index is 6.42. The molecule has 2 N–H and O–H groups in total. The van der Waals surface area contributed by atoms with Crippen molar-refractivity contribution in [1.29, 1.82) is 0 Å². The molecule has 0 aliphatic heterocycles. The molecule has 0 saturated heterocycles. The fourth-order valence-corrected chi connectivity index (χ4v) is 4.01. The van der Waals surface area contributed by atoms with Gasteiger partial charge in [0.05, 0.1) is 0 Å². The number of hydrogen-bond acceptors (Lipinski definition) is 2. The Hall–Kier alpha value is -0.600. The highest BCUT2D eigenvalue weighted by Crippen LogP contribution is 2.37. The molecular formula is C16H25NS. The van der Waals surface area contributed by atoms with Crippen LogP contribution in [0.2, 0.25) is 0 Å². The number of fused-ring (bicyclic) bond motifs is 1. The Bertz CT molecular complexity index is 369. The summed E-state index contributed by atoms with van der Waals surface area (Å²) in [5.74, 6) is 0.624. The van der Waals surface area contributed by atoms with Crippen LogP contribution in [-0.4, -0.2) is 6.04 Å². The molecule has 0 aromatic carbocycles. The van der Waals surface area contributed by atoms with Crippen LogP contribution in [0.25, 0.3) is 0 Å². The maximum atomic E-state index is 6.42. The summed E-state index contributed by atoms with van der Waals surface area (Å²) in [6.07, 6.45) is 12.1. The summed E-state index contributed by atoms with van der Waals surface area (Å²) in [4.78, 5) is 1.59. The molecule has 1 heterocycles. The molecule has 1 nitrogen and oxygen atoms in total. The third kappa shape index (κ3) is 3.46. The van der Waals surface area contributed by atoms with Crippen LogP contribution in [-0.2, 0) is 6.42 Å². The Kier molecular flexibility index (Phi) is 5.45. The van der Waals surface area contributed by atoms with Gasteiger partial charge in [-0.3, -0.25) is 0 Å². The van der Waals surface area contributed by atoms with Crippen LogP contribution in [0.15, 0.2) is 24.1 Å². The normalized spacial score (nSPS) is 20.4. The number of rotatable bonds is 7. The van der Waals surface area contributed by atoms with Crippen LogP contribution in [0.4, 0.5) is 0 Å². The van der Waals surface area contributed by atoms with E-state index in [0.717, 1.165) is 6.42 Å². The zero-order chi connectivity index (χ0) is 12.8. The lowest BCUT2D eigenvalue weighted by molar-refractivity contribution is 0.430. The molecule has 2 unspecified atom stereocenters. The number of unbranched alkanes of at least 4 members (excludes halogenated alkanes) is 3. The van der Waals surface area contributed by atoms with Gasteiger partial charge in [-0.15, -0.1) is 17.9 Å². The standard InChI is InChI=1S/C16H25NS/c1-2-3-4-5-6-9-15(17)13-8-7-10-16-14(13)11-12-18-16/h2,11-13,15H,1,3-10,17H2. The molecule has 1 aromatic rings. The minimum atomic E-state index is 0.363. The molecular weight excluding hydrogens is 238 g/mol. The fourth-order valence-electron chi connectivity index (χ4n) is 3.01. The van der Waals surface area contributed by atoms with Gasteiger partial charge in [0.1, 0.15) is 0 Å². The monoisotopic (exact) mass is 263 g/mol. The molecule has 0 amide bonds. The summed E-state index contributed by atoms with van der Waals surface area (Å²) in [6.45, 7) is 3.76. The van der Waals surface area contributed by atoms with Crippen molar-refractivity contribution in [3.63, 3.8) is 0 Å². The van der Waals surface area contributed by atoms with Gasteiger partial charge >= 0.3 is 0 Å². The lowest BCUT2D eigenvalue weighted by Gasteiger charge is -2.28. The summed E-state index contributed by atoms with van der Waals surface area (Å²) in [6, 6.07) is 2.67. The van der Waals surface area contributed by atoms with E-state index in [-0.39, 0.29) is 0 Å². The second-order valence-electron chi connectivity index (χ2n) is 5.39. The molecule has 1 aliphatic carbocycles. The summed E-state index contributed by atoms with van der Waals surface area (Å²) in [5.41, 5.74) is 7.98. The van der Waals surface area contributed by atoms with Crippen molar-refractivity contribution in [2.75, 3.05) is 0 Å². The predicted octanol–water partition coefficient (Wildman–Crippen LogP) is 4.63. The van der Waals surface area contributed by atoms with Crippen LogP contribution in [0.3, 0.4) is 0 Å². The highest BCUT2D eigenvalue weighted by atomic mass is 32.1. The van der Waals surface area contributed by atoms with Crippen LogP contribution in [0.5, 0.6) is 0 Å². The molecule has 100 valence electrons. The quantitative estimate of drug-likeness (QED) is 0.563. The largest absolute Gasteiger partial charge is 0.327 e. The molecule has 18 heavy (non-hydrogen) atoms. The van der Waals surface area contributed by atoms with Gasteiger partial charge < -0.3 is 5.73 Å². The second kappa shape index (κ2) is 7.10. The zero-order valence-electron chi connectivity index (χ0n) is 11.2. The van der Waals surface area contributed by atoms with E-state index in [2.05, 4.69) is 18.0 Å². The van der Waals surface area contributed by atoms with Gasteiger partial charge in [-0.25, -0.2) is 0 Å². The van der Waals surface area contributed by atoms with Crippen molar-refractivity contribution < 1.29 is 0 Å². The summed E-state index contributed by atoms with van der Waals surface area (Å²) >= 11 is 1.91. The summed E-state index contributed by atoms with van der Waals surface area (Å²) in [7, 11) is 0. The van der Waals surface area contributed by atoms with Crippen molar-refractivity contribution in [3.8, 4) is 0 Å². The van der Waals surface area contributed by atoms with Gasteiger partial charge in [-0.1, -0.05) is 18.9 Å². The SMILES string of the molecule is C=CCCCCCC(N)C1CCCc2sccc21. The minimum absolute atomic E-state index is 0.363. The maximum Gasteiger partial charge on any atom is 0.0108 e. The summed E-state index contributed by atoms with van der Waals surface area (Å²) in [5, 5.41) is 2.24. The lowest BCUT2D eigenvalue weighted by Crippen LogP contribution is -2.30. The zero-order valence-corrected chi connectivity index (χ0v) is 12.1.